The Morgan fingerprint density at radius 2 is 1.50 bits per heavy atom. The van der Waals surface area contributed by atoms with E-state index in [1.54, 1.807) is 0 Å². The number of nitrogens with zero attached hydrogens (tertiary/aromatic N) is 1. The maximum absolute atomic E-state index is 6.11. The van der Waals surface area contributed by atoms with Crippen LogP contribution in [-0.2, 0) is 0 Å². The van der Waals surface area contributed by atoms with Crippen LogP contribution >= 0.6 is 0 Å². The van der Waals surface area contributed by atoms with Gasteiger partial charge in [0.05, 0.1) is 0 Å². The minimum absolute atomic E-state index is 0.372. The molecule has 0 atom stereocenters. The summed E-state index contributed by atoms with van der Waals surface area (Å²) in [6.45, 7) is 12.9. The standard InChI is InChI=1S/C16H32N2/c1-12(2)14-5-7-18(8-6-14)16(11-17)9-15(10-16)13(3)4/h12-15H,5-11,17H2,1-4H3. The van der Waals surface area contributed by atoms with Crippen molar-refractivity contribution in [3.8, 4) is 0 Å². The molecule has 0 unspecified atom stereocenters. The highest BCUT2D eigenvalue weighted by atomic mass is 15.2. The fraction of sp³-hybridized carbons (Fsp3) is 1.00. The number of piperidine rings is 1. The zero-order valence-electron chi connectivity index (χ0n) is 12.8. The van der Waals surface area contributed by atoms with Crippen molar-refractivity contribution >= 4 is 0 Å². The third-order valence-electron chi connectivity index (χ3n) is 5.76. The molecule has 1 aliphatic carbocycles. The smallest absolute Gasteiger partial charge is 0.0337 e. The molecule has 2 fully saturated rings. The van der Waals surface area contributed by atoms with Crippen molar-refractivity contribution in [3.05, 3.63) is 0 Å². The van der Waals surface area contributed by atoms with E-state index in [0.29, 0.717) is 5.54 Å². The van der Waals surface area contributed by atoms with Crippen LogP contribution in [0.1, 0.15) is 53.4 Å². The zero-order chi connectivity index (χ0) is 13.3. The Labute approximate surface area is 113 Å². The van der Waals surface area contributed by atoms with Crippen molar-refractivity contribution in [2.45, 2.75) is 58.9 Å². The molecule has 2 rings (SSSR count). The van der Waals surface area contributed by atoms with Crippen LogP contribution in [0.25, 0.3) is 0 Å². The third-order valence-corrected chi connectivity index (χ3v) is 5.76. The molecule has 1 heterocycles. The average Bonchev–Trinajstić information content (AvgIpc) is 2.28. The van der Waals surface area contributed by atoms with Gasteiger partial charge in [-0.25, -0.2) is 0 Å². The summed E-state index contributed by atoms with van der Waals surface area (Å²) >= 11 is 0. The molecule has 0 aromatic heterocycles. The summed E-state index contributed by atoms with van der Waals surface area (Å²) in [6, 6.07) is 0. The van der Waals surface area contributed by atoms with Gasteiger partial charge in [-0.15, -0.1) is 0 Å². The lowest BCUT2D eigenvalue weighted by Crippen LogP contribution is -2.64. The Morgan fingerprint density at radius 1 is 1.00 bits per heavy atom. The zero-order valence-corrected chi connectivity index (χ0v) is 12.8. The summed E-state index contributed by atoms with van der Waals surface area (Å²) in [6.07, 6.45) is 5.44. The van der Waals surface area contributed by atoms with Gasteiger partial charge in [0.1, 0.15) is 0 Å². The summed E-state index contributed by atoms with van der Waals surface area (Å²) in [4.78, 5) is 2.73. The lowest BCUT2D eigenvalue weighted by atomic mass is 9.62. The number of likely N-dealkylation sites (tertiary alicyclic amines) is 1. The van der Waals surface area contributed by atoms with Gasteiger partial charge < -0.3 is 5.73 Å². The first-order valence-electron chi connectivity index (χ1n) is 7.93. The Bertz CT molecular complexity index is 258. The molecule has 0 aromatic carbocycles. The molecule has 0 aromatic rings. The van der Waals surface area contributed by atoms with Crippen molar-refractivity contribution in [2.24, 2.45) is 29.4 Å². The molecule has 106 valence electrons. The number of hydrogen-bond donors (Lipinski definition) is 1. The first kappa shape index (κ1) is 14.3. The van der Waals surface area contributed by atoms with Crippen LogP contribution in [0.4, 0.5) is 0 Å². The van der Waals surface area contributed by atoms with E-state index in [1.807, 2.05) is 0 Å². The van der Waals surface area contributed by atoms with Gasteiger partial charge in [-0.3, -0.25) is 4.90 Å². The van der Waals surface area contributed by atoms with Gasteiger partial charge >= 0.3 is 0 Å². The molecule has 2 N–H and O–H groups in total. The topological polar surface area (TPSA) is 29.3 Å². The fourth-order valence-electron chi connectivity index (χ4n) is 3.98. The molecular formula is C16H32N2. The van der Waals surface area contributed by atoms with E-state index in [1.165, 1.54) is 38.8 Å². The van der Waals surface area contributed by atoms with Gasteiger partial charge in [0.25, 0.3) is 0 Å². The number of hydrogen-bond acceptors (Lipinski definition) is 2. The van der Waals surface area contributed by atoms with Crippen LogP contribution in [0, 0.1) is 23.7 Å². The minimum atomic E-state index is 0.372. The quantitative estimate of drug-likeness (QED) is 0.833. The van der Waals surface area contributed by atoms with E-state index in [0.717, 1.165) is 30.2 Å². The lowest BCUT2D eigenvalue weighted by Gasteiger charge is -2.57. The van der Waals surface area contributed by atoms with E-state index in [-0.39, 0.29) is 0 Å². The first-order valence-corrected chi connectivity index (χ1v) is 7.93. The predicted molar refractivity (Wildman–Crippen MR) is 78.5 cm³/mol. The molecule has 0 bridgehead atoms. The summed E-state index contributed by atoms with van der Waals surface area (Å²) in [5.41, 5.74) is 6.49. The normalized spacial score (nSPS) is 35.2. The van der Waals surface area contributed by atoms with E-state index in [9.17, 15) is 0 Å². The van der Waals surface area contributed by atoms with Crippen molar-refractivity contribution in [2.75, 3.05) is 19.6 Å². The Morgan fingerprint density at radius 3 is 1.89 bits per heavy atom. The van der Waals surface area contributed by atoms with E-state index >= 15 is 0 Å². The molecule has 1 saturated carbocycles. The second kappa shape index (κ2) is 5.50. The molecule has 2 aliphatic rings. The van der Waals surface area contributed by atoms with Crippen LogP contribution in [-0.4, -0.2) is 30.1 Å². The summed E-state index contributed by atoms with van der Waals surface area (Å²) in [5, 5.41) is 0. The summed E-state index contributed by atoms with van der Waals surface area (Å²) < 4.78 is 0. The molecule has 18 heavy (non-hydrogen) atoms. The number of nitrogens with two attached hydrogens (primary N) is 1. The van der Waals surface area contributed by atoms with Crippen molar-refractivity contribution in [3.63, 3.8) is 0 Å². The molecule has 2 heteroatoms. The van der Waals surface area contributed by atoms with Gasteiger partial charge in [0.2, 0.25) is 0 Å². The first-order chi connectivity index (χ1) is 8.48. The summed E-state index contributed by atoms with van der Waals surface area (Å²) in [5.74, 6) is 3.54. The van der Waals surface area contributed by atoms with Crippen molar-refractivity contribution < 1.29 is 0 Å². The van der Waals surface area contributed by atoms with Gasteiger partial charge in [-0.05, 0) is 62.4 Å². The Balaban J connectivity index is 1.88. The van der Waals surface area contributed by atoms with Crippen LogP contribution in [0.3, 0.4) is 0 Å². The SMILES string of the molecule is CC(C)C1CCN(C2(CN)CC(C(C)C)C2)CC1. The molecule has 1 saturated heterocycles. The third kappa shape index (κ3) is 2.60. The second-order valence-corrected chi connectivity index (χ2v) is 7.41. The highest BCUT2D eigenvalue weighted by Crippen LogP contribution is 2.46. The monoisotopic (exact) mass is 252 g/mol. The molecule has 1 aliphatic heterocycles. The van der Waals surface area contributed by atoms with Gasteiger partial charge in [-0.1, -0.05) is 27.7 Å². The van der Waals surface area contributed by atoms with Crippen LogP contribution < -0.4 is 5.73 Å². The highest BCUT2D eigenvalue weighted by Gasteiger charge is 2.48. The van der Waals surface area contributed by atoms with Crippen LogP contribution in [0.15, 0.2) is 0 Å². The van der Waals surface area contributed by atoms with Gasteiger partial charge in [0, 0.05) is 12.1 Å². The van der Waals surface area contributed by atoms with Crippen molar-refractivity contribution in [1.82, 2.24) is 4.90 Å². The van der Waals surface area contributed by atoms with Gasteiger partial charge in [0.15, 0.2) is 0 Å². The van der Waals surface area contributed by atoms with Gasteiger partial charge in [-0.2, -0.15) is 0 Å². The minimum Gasteiger partial charge on any atom is -0.329 e. The number of rotatable bonds is 4. The average molecular weight is 252 g/mol. The fourth-order valence-corrected chi connectivity index (χ4v) is 3.98. The largest absolute Gasteiger partial charge is 0.329 e. The van der Waals surface area contributed by atoms with Crippen LogP contribution in [0.5, 0.6) is 0 Å². The van der Waals surface area contributed by atoms with Crippen molar-refractivity contribution in [1.29, 1.82) is 0 Å². The van der Waals surface area contributed by atoms with E-state index < -0.39 is 0 Å². The summed E-state index contributed by atoms with van der Waals surface area (Å²) in [7, 11) is 0. The van der Waals surface area contributed by atoms with E-state index in [2.05, 4.69) is 32.6 Å². The molecule has 2 nitrogen and oxygen atoms in total. The Hall–Kier alpha value is -0.0800. The maximum atomic E-state index is 6.11. The molecule has 0 amide bonds. The predicted octanol–water partition coefficient (Wildman–Crippen LogP) is 3.12. The van der Waals surface area contributed by atoms with E-state index in [4.69, 9.17) is 5.73 Å². The van der Waals surface area contributed by atoms with Crippen LogP contribution in [0.2, 0.25) is 0 Å². The molecule has 0 spiro atoms. The molecular weight excluding hydrogens is 220 g/mol. The molecule has 0 radical (unpaired) electrons. The second-order valence-electron chi connectivity index (χ2n) is 7.41. The highest BCUT2D eigenvalue weighted by molar-refractivity contribution is 5.05. The maximum Gasteiger partial charge on any atom is 0.0337 e. The Kier molecular flexibility index (Phi) is 4.38. The lowest BCUT2D eigenvalue weighted by molar-refractivity contribution is -0.0541.